The van der Waals surface area contributed by atoms with Gasteiger partial charge in [0.1, 0.15) is 5.78 Å². The van der Waals surface area contributed by atoms with E-state index < -0.39 is 0 Å². The smallest absolute Gasteiger partial charge is 0.135 e. The average Bonchev–Trinajstić information content (AvgIpc) is 2.08. The minimum Gasteiger partial charge on any atom is -0.299 e. The first-order valence-corrected chi connectivity index (χ1v) is 4.98. The topological polar surface area (TPSA) is 17.1 Å². The molecule has 0 heterocycles. The van der Waals surface area contributed by atoms with E-state index in [1.54, 1.807) is 6.92 Å². The van der Waals surface area contributed by atoms with Crippen molar-refractivity contribution in [2.75, 3.05) is 0 Å². The second-order valence-corrected chi connectivity index (χ2v) is 4.60. The van der Waals surface area contributed by atoms with Crippen molar-refractivity contribution < 1.29 is 4.79 Å². The zero-order chi connectivity index (χ0) is 10.8. The molecule has 0 spiro atoms. The summed E-state index contributed by atoms with van der Waals surface area (Å²) in [7, 11) is 0. The highest BCUT2D eigenvalue weighted by Gasteiger charge is 2.23. The molecule has 0 unspecified atom stereocenters. The Hall–Kier alpha value is -1.11. The molecule has 1 aromatic rings. The SMILES string of the molecule is CC(=O)C(C)(C)Cc1ccc(C)cc1. The van der Waals surface area contributed by atoms with Gasteiger partial charge in [0.15, 0.2) is 0 Å². The van der Waals surface area contributed by atoms with Crippen molar-refractivity contribution >= 4 is 5.78 Å². The van der Waals surface area contributed by atoms with E-state index in [0.29, 0.717) is 0 Å². The average molecular weight is 190 g/mol. The first-order valence-electron chi connectivity index (χ1n) is 4.98. The van der Waals surface area contributed by atoms with E-state index in [2.05, 4.69) is 31.2 Å². The van der Waals surface area contributed by atoms with Gasteiger partial charge in [0.2, 0.25) is 0 Å². The van der Waals surface area contributed by atoms with Gasteiger partial charge in [0, 0.05) is 5.41 Å². The first kappa shape index (κ1) is 11.0. The van der Waals surface area contributed by atoms with Crippen LogP contribution in [0.2, 0.25) is 0 Å². The number of hydrogen-bond acceptors (Lipinski definition) is 1. The number of rotatable bonds is 3. The Balaban J connectivity index is 2.79. The third-order valence-electron chi connectivity index (χ3n) is 2.72. The lowest BCUT2D eigenvalue weighted by molar-refractivity contribution is -0.124. The highest BCUT2D eigenvalue weighted by atomic mass is 16.1. The van der Waals surface area contributed by atoms with Gasteiger partial charge in [-0.2, -0.15) is 0 Å². The molecule has 0 amide bonds. The van der Waals surface area contributed by atoms with Crippen molar-refractivity contribution in [3.05, 3.63) is 35.4 Å². The van der Waals surface area contributed by atoms with Gasteiger partial charge in [-0.05, 0) is 25.8 Å². The van der Waals surface area contributed by atoms with Crippen LogP contribution in [0.1, 0.15) is 31.9 Å². The highest BCUT2D eigenvalue weighted by molar-refractivity contribution is 5.81. The van der Waals surface area contributed by atoms with Crippen molar-refractivity contribution in [1.29, 1.82) is 0 Å². The number of benzene rings is 1. The Morgan fingerprint density at radius 2 is 1.71 bits per heavy atom. The lowest BCUT2D eigenvalue weighted by Gasteiger charge is -2.20. The summed E-state index contributed by atoms with van der Waals surface area (Å²) >= 11 is 0. The molecule has 1 rings (SSSR count). The Morgan fingerprint density at radius 1 is 1.21 bits per heavy atom. The summed E-state index contributed by atoms with van der Waals surface area (Å²) in [4.78, 5) is 11.3. The second kappa shape index (κ2) is 3.95. The Labute approximate surface area is 86.1 Å². The number of carbonyl (C=O) groups excluding carboxylic acids is 1. The number of carbonyl (C=O) groups is 1. The van der Waals surface area contributed by atoms with E-state index in [0.717, 1.165) is 6.42 Å². The predicted octanol–water partition coefficient (Wildman–Crippen LogP) is 3.15. The third kappa shape index (κ3) is 2.69. The van der Waals surface area contributed by atoms with Crippen LogP contribution in [0.25, 0.3) is 0 Å². The molecule has 0 aliphatic rings. The minimum absolute atomic E-state index is 0.241. The van der Waals surface area contributed by atoms with Gasteiger partial charge in [-0.1, -0.05) is 43.7 Å². The number of hydrogen-bond donors (Lipinski definition) is 0. The highest BCUT2D eigenvalue weighted by Crippen LogP contribution is 2.22. The molecular weight excluding hydrogens is 172 g/mol. The molecule has 0 fully saturated rings. The molecule has 1 nitrogen and oxygen atoms in total. The maximum Gasteiger partial charge on any atom is 0.135 e. The molecule has 76 valence electrons. The normalized spacial score (nSPS) is 11.4. The van der Waals surface area contributed by atoms with Crippen LogP contribution in [0.15, 0.2) is 24.3 Å². The molecule has 1 heteroatoms. The molecule has 1 aromatic carbocycles. The van der Waals surface area contributed by atoms with Gasteiger partial charge in [0.05, 0.1) is 0 Å². The van der Waals surface area contributed by atoms with Crippen LogP contribution in [-0.4, -0.2) is 5.78 Å². The number of ketones is 1. The Morgan fingerprint density at radius 3 is 2.14 bits per heavy atom. The van der Waals surface area contributed by atoms with E-state index in [1.165, 1.54) is 11.1 Å². The molecule has 0 aliphatic carbocycles. The first-order chi connectivity index (χ1) is 6.42. The summed E-state index contributed by atoms with van der Waals surface area (Å²) in [5.74, 6) is 0.248. The van der Waals surface area contributed by atoms with Gasteiger partial charge >= 0.3 is 0 Å². The Bertz CT molecular complexity index is 320. The van der Waals surface area contributed by atoms with Crippen molar-refractivity contribution in [3.8, 4) is 0 Å². The van der Waals surface area contributed by atoms with Crippen LogP contribution in [-0.2, 0) is 11.2 Å². The van der Waals surface area contributed by atoms with Gasteiger partial charge in [-0.3, -0.25) is 4.79 Å². The fourth-order valence-corrected chi connectivity index (χ4v) is 1.34. The van der Waals surface area contributed by atoms with Crippen molar-refractivity contribution in [2.24, 2.45) is 5.41 Å². The fourth-order valence-electron chi connectivity index (χ4n) is 1.34. The van der Waals surface area contributed by atoms with Crippen LogP contribution < -0.4 is 0 Å². The molecule has 0 saturated heterocycles. The zero-order valence-electron chi connectivity index (χ0n) is 9.42. The van der Waals surface area contributed by atoms with E-state index in [1.807, 2.05) is 13.8 Å². The fraction of sp³-hybridized carbons (Fsp3) is 0.462. The number of aryl methyl sites for hydroxylation is 1. The summed E-state index contributed by atoms with van der Waals surface area (Å²) in [5.41, 5.74) is 2.25. The summed E-state index contributed by atoms with van der Waals surface area (Å²) in [6.45, 7) is 7.72. The summed E-state index contributed by atoms with van der Waals surface area (Å²) in [6, 6.07) is 8.37. The summed E-state index contributed by atoms with van der Waals surface area (Å²) in [6.07, 6.45) is 0.822. The second-order valence-electron chi connectivity index (χ2n) is 4.60. The van der Waals surface area contributed by atoms with Crippen molar-refractivity contribution in [3.63, 3.8) is 0 Å². The monoisotopic (exact) mass is 190 g/mol. The van der Waals surface area contributed by atoms with Crippen molar-refractivity contribution in [2.45, 2.75) is 34.1 Å². The van der Waals surface area contributed by atoms with Crippen LogP contribution in [0.3, 0.4) is 0 Å². The Kier molecular flexibility index (Phi) is 3.10. The minimum atomic E-state index is -0.241. The van der Waals surface area contributed by atoms with Crippen LogP contribution >= 0.6 is 0 Å². The quantitative estimate of drug-likeness (QED) is 0.715. The lowest BCUT2D eigenvalue weighted by Crippen LogP contribution is -2.23. The van der Waals surface area contributed by atoms with E-state index >= 15 is 0 Å². The van der Waals surface area contributed by atoms with Gasteiger partial charge < -0.3 is 0 Å². The van der Waals surface area contributed by atoms with Crippen LogP contribution in [0, 0.1) is 12.3 Å². The molecule has 0 saturated carbocycles. The molecule has 0 N–H and O–H groups in total. The molecule has 0 radical (unpaired) electrons. The molecule has 0 atom stereocenters. The van der Waals surface area contributed by atoms with E-state index in [-0.39, 0.29) is 11.2 Å². The van der Waals surface area contributed by atoms with Crippen molar-refractivity contribution in [1.82, 2.24) is 0 Å². The zero-order valence-corrected chi connectivity index (χ0v) is 9.42. The molecule has 0 aromatic heterocycles. The van der Waals surface area contributed by atoms with Crippen LogP contribution in [0.5, 0.6) is 0 Å². The maximum absolute atomic E-state index is 11.3. The largest absolute Gasteiger partial charge is 0.299 e. The standard InChI is InChI=1S/C13H18O/c1-10-5-7-12(8-6-10)9-13(3,4)11(2)14/h5-8H,9H2,1-4H3. The number of Topliss-reactive ketones (excluding diaryl/α,β-unsaturated/α-hetero) is 1. The van der Waals surface area contributed by atoms with Gasteiger partial charge in [-0.15, -0.1) is 0 Å². The lowest BCUT2D eigenvalue weighted by atomic mass is 9.82. The summed E-state index contributed by atoms with van der Waals surface area (Å²) in [5, 5.41) is 0. The molecular formula is C13H18O. The van der Waals surface area contributed by atoms with E-state index in [9.17, 15) is 4.79 Å². The predicted molar refractivity (Wildman–Crippen MR) is 59.3 cm³/mol. The maximum atomic E-state index is 11.3. The van der Waals surface area contributed by atoms with Gasteiger partial charge in [0.25, 0.3) is 0 Å². The van der Waals surface area contributed by atoms with E-state index in [4.69, 9.17) is 0 Å². The molecule has 14 heavy (non-hydrogen) atoms. The summed E-state index contributed by atoms with van der Waals surface area (Å²) < 4.78 is 0. The van der Waals surface area contributed by atoms with Crippen LogP contribution in [0.4, 0.5) is 0 Å². The molecule has 0 aliphatic heterocycles. The van der Waals surface area contributed by atoms with Gasteiger partial charge in [-0.25, -0.2) is 0 Å². The molecule has 0 bridgehead atoms. The third-order valence-corrected chi connectivity index (χ3v) is 2.72.